The average Bonchev–Trinajstić information content (AvgIpc) is 3.55. The van der Waals surface area contributed by atoms with Gasteiger partial charge in [-0.05, 0) is 0 Å². The van der Waals surface area contributed by atoms with Crippen molar-refractivity contribution in [1.29, 1.82) is 0 Å². The summed E-state index contributed by atoms with van der Waals surface area (Å²) < 4.78 is 15.5. The van der Waals surface area contributed by atoms with Crippen molar-refractivity contribution >= 4 is 7.58 Å². The van der Waals surface area contributed by atoms with Gasteiger partial charge in [0.15, 0.2) is 0 Å². The first-order valence-corrected chi connectivity index (χ1v) is 33.2. The van der Waals surface area contributed by atoms with Crippen molar-refractivity contribution in [2.45, 2.75) is 82.4 Å². The van der Waals surface area contributed by atoms with Crippen molar-refractivity contribution in [2.24, 2.45) is 0 Å². The Hall–Kier alpha value is -2.38. The van der Waals surface area contributed by atoms with Gasteiger partial charge >= 0.3 is 239 Å². The van der Waals surface area contributed by atoms with E-state index in [4.69, 9.17) is 4.26 Å². The topological polar surface area (TPSA) is 0 Å². The summed E-state index contributed by atoms with van der Waals surface area (Å²) in [6.07, 6.45) is 11.1. The van der Waals surface area contributed by atoms with Gasteiger partial charge in [0, 0.05) is 0 Å². The van der Waals surface area contributed by atoms with Crippen LogP contribution >= 0.6 is 0 Å². The Morgan fingerprint density at radius 3 is 1.75 bits per heavy atom. The molecule has 0 atom stereocenters. The fourth-order valence-electron chi connectivity index (χ4n) is 8.74. The summed E-state index contributed by atoms with van der Waals surface area (Å²) in [6.45, 7) is 18.3. The molecule has 40 heavy (non-hydrogen) atoms. The molecule has 0 saturated carbocycles. The molecular weight excluding hydrogens is 647 g/mol. The Labute approximate surface area is 238 Å². The summed E-state index contributed by atoms with van der Waals surface area (Å²) >= 11 is -5.72. The number of rotatable bonds is 6. The minimum atomic E-state index is -5.72. The molecule has 0 spiro atoms. The molecule has 2 aliphatic carbocycles. The van der Waals surface area contributed by atoms with Crippen molar-refractivity contribution < 1.29 is 15.1 Å². The van der Waals surface area contributed by atoms with Crippen LogP contribution in [0.2, 0.25) is 13.5 Å². The Balaban J connectivity index is 2.06. The molecule has 0 heterocycles. The molecule has 0 N–H and O–H groups in total. The van der Waals surface area contributed by atoms with Crippen LogP contribution in [-0.2, 0) is 25.9 Å². The zero-order valence-corrected chi connectivity index (χ0v) is 29.9. The van der Waals surface area contributed by atoms with E-state index in [2.05, 4.69) is 149 Å². The summed E-state index contributed by atoms with van der Waals surface area (Å²) in [5.74, 6) is 0. The number of fused-ring (bicyclic) bond motifs is 3. The van der Waals surface area contributed by atoms with Crippen LogP contribution in [0.25, 0.3) is 11.1 Å². The molecule has 0 amide bonds. The first kappa shape index (κ1) is 29.1. The average molecular weight is 697 g/mol. The fraction of sp³-hybridized carbons (Fsp3) is 0.359. The quantitative estimate of drug-likeness (QED) is 0.178. The van der Waals surface area contributed by atoms with Gasteiger partial charge in [-0.15, -0.1) is 0 Å². The molecule has 0 radical (unpaired) electrons. The van der Waals surface area contributed by atoms with Gasteiger partial charge < -0.3 is 0 Å². The van der Waals surface area contributed by atoms with Crippen molar-refractivity contribution in [2.75, 3.05) is 0 Å². The van der Waals surface area contributed by atoms with Gasteiger partial charge in [-0.25, -0.2) is 0 Å². The third-order valence-corrected chi connectivity index (χ3v) is 54.1. The summed E-state index contributed by atoms with van der Waals surface area (Å²) in [4.78, 5) is 0. The van der Waals surface area contributed by atoms with Crippen molar-refractivity contribution in [3.05, 3.63) is 123 Å². The monoisotopic (exact) mass is 698 g/mol. The number of benzene rings is 3. The molecule has 0 saturated heterocycles. The van der Waals surface area contributed by atoms with E-state index in [1.54, 1.807) is 3.33 Å². The summed E-state index contributed by atoms with van der Waals surface area (Å²) in [5.41, 5.74) is 8.61. The van der Waals surface area contributed by atoms with Crippen LogP contribution in [0, 0.1) is 0 Å². The fourth-order valence-corrected chi connectivity index (χ4v) is 45.4. The van der Waals surface area contributed by atoms with Gasteiger partial charge in [-0.3, -0.25) is 0 Å². The molecule has 210 valence electrons. The van der Waals surface area contributed by atoms with Gasteiger partial charge in [-0.1, -0.05) is 0 Å². The molecule has 0 unspecified atom stereocenters. The molecule has 2 aliphatic rings. The van der Waals surface area contributed by atoms with E-state index < -0.39 is 15.1 Å². The minimum absolute atomic E-state index is 0.0556. The summed E-state index contributed by atoms with van der Waals surface area (Å²) in [5, 5.41) is 0. The Morgan fingerprint density at radius 1 is 0.800 bits per heavy atom. The Kier molecular flexibility index (Phi) is 5.92. The number of hydrogen-bond acceptors (Lipinski definition) is 0. The summed E-state index contributed by atoms with van der Waals surface area (Å²) in [7, 11) is 0. The first-order chi connectivity index (χ1) is 18.4. The maximum absolute atomic E-state index is 5.86. The number of allylic oxidation sites excluding steroid dienone is 5. The molecule has 3 aromatic rings. The van der Waals surface area contributed by atoms with Gasteiger partial charge in [0.25, 0.3) is 0 Å². The normalized spacial score (nSPS) is 18.2. The van der Waals surface area contributed by atoms with E-state index in [1.807, 2.05) is 0 Å². The van der Waals surface area contributed by atoms with Gasteiger partial charge in [0.05, 0.1) is 0 Å². The maximum atomic E-state index is 5.86. The predicted molar refractivity (Wildman–Crippen MR) is 178 cm³/mol. The molecule has 0 aromatic heterocycles. The van der Waals surface area contributed by atoms with Crippen molar-refractivity contribution in [3.63, 3.8) is 0 Å². The van der Waals surface area contributed by atoms with E-state index in [0.29, 0.717) is 0 Å². The van der Waals surface area contributed by atoms with Crippen LogP contribution in [0.4, 0.5) is 0 Å². The van der Waals surface area contributed by atoms with E-state index in [9.17, 15) is 0 Å². The van der Waals surface area contributed by atoms with Gasteiger partial charge in [0.2, 0.25) is 0 Å². The standard InChI is InChI=1S/C21H25.C6H5.C5H5.C4H7.2CH3.CH2.Hf/c1-20(2,3)16-7-9-18-14(12-16)11-15-13-17(21(4,5)6)8-10-19(15)18;1-2-4-6-5-3-1;1-2-4-5-3-1;1-3-4-2;;;;/h7-13H,1-6H3;1-5H;1-3H,4H2;3H,1-2,4H2;2*1H3;1H2;. The molecule has 0 aliphatic heterocycles. The second-order valence-electron chi connectivity index (χ2n) is 17.3. The molecule has 3 aromatic carbocycles. The SMILES string of the molecule is C=CC[CH2][Hf](=[CH2])([CH3])([CH3])([C]1=CC=CC1)([c]1ccccc1)[CH]1c2cc(C(C)(C)C)ccc2-c2ccc(C(C)(C)C)cc21. The molecule has 0 bridgehead atoms. The third kappa shape index (κ3) is 3.76. The van der Waals surface area contributed by atoms with E-state index in [-0.39, 0.29) is 14.5 Å². The molecule has 0 fully saturated rings. The van der Waals surface area contributed by atoms with Crippen LogP contribution in [-0.4, -0.2) is 4.26 Å². The first-order valence-electron chi connectivity index (χ1n) is 15.2. The van der Waals surface area contributed by atoms with E-state index in [0.717, 1.165) is 17.0 Å². The third-order valence-electron chi connectivity index (χ3n) is 11.7. The van der Waals surface area contributed by atoms with Crippen LogP contribution in [0.15, 0.2) is 101 Å². The van der Waals surface area contributed by atoms with E-state index in [1.165, 1.54) is 36.7 Å². The summed E-state index contributed by atoms with van der Waals surface area (Å²) in [6, 6.07) is 26.1. The van der Waals surface area contributed by atoms with Crippen LogP contribution in [0.5, 0.6) is 0 Å². The van der Waals surface area contributed by atoms with E-state index >= 15 is 0 Å². The van der Waals surface area contributed by atoms with Gasteiger partial charge in [-0.2, -0.15) is 0 Å². The molecule has 5 rings (SSSR count). The molecule has 1 heteroatoms. The zero-order valence-electron chi connectivity index (χ0n) is 26.3. The van der Waals surface area contributed by atoms with Gasteiger partial charge in [0.1, 0.15) is 0 Å². The Morgan fingerprint density at radius 2 is 1.32 bits per heavy atom. The molecular formula is C39H50Hf. The number of hydrogen-bond donors (Lipinski definition) is 0. The zero-order chi connectivity index (χ0) is 29.3. The Bertz CT molecular complexity index is 1650. The predicted octanol–water partition coefficient (Wildman–Crippen LogP) is 10.8. The second kappa shape index (κ2) is 8.13. The van der Waals surface area contributed by atoms with Crippen LogP contribution in [0.3, 0.4) is 0 Å². The van der Waals surface area contributed by atoms with Crippen LogP contribution < -0.4 is 3.32 Å². The van der Waals surface area contributed by atoms with Crippen LogP contribution in [0.1, 0.15) is 80.3 Å². The van der Waals surface area contributed by atoms with Crippen molar-refractivity contribution in [1.82, 2.24) is 0 Å². The second-order valence-corrected chi connectivity index (χ2v) is 63.4. The molecule has 0 nitrogen and oxygen atoms in total. The van der Waals surface area contributed by atoms with Crippen molar-refractivity contribution in [3.8, 4) is 11.1 Å².